The number of nitrogens with zero attached hydrogens (tertiary/aromatic N) is 1. The van der Waals surface area contributed by atoms with Crippen LogP contribution in [-0.2, 0) is 17.6 Å². The smallest absolute Gasteiger partial charge is 0.234 e. The molecule has 0 aromatic heterocycles. The van der Waals surface area contributed by atoms with Gasteiger partial charge in [-0.2, -0.15) is 5.26 Å². The van der Waals surface area contributed by atoms with Gasteiger partial charge in [-0.1, -0.05) is 36.4 Å². The molecule has 0 saturated carbocycles. The van der Waals surface area contributed by atoms with Crippen molar-refractivity contribution in [2.24, 2.45) is 0 Å². The second-order valence-electron chi connectivity index (χ2n) is 6.09. The summed E-state index contributed by atoms with van der Waals surface area (Å²) < 4.78 is 11.6. The van der Waals surface area contributed by atoms with E-state index in [0.717, 1.165) is 29.9 Å². The zero-order valence-electron chi connectivity index (χ0n) is 15.7. The number of aryl methyl sites for hydroxylation is 1. The number of carbonyl (C=O) groups is 1. The second-order valence-corrected chi connectivity index (χ2v) is 6.09. The maximum atomic E-state index is 11.3. The average molecular weight is 366 g/mol. The van der Waals surface area contributed by atoms with E-state index in [2.05, 4.69) is 17.4 Å². The van der Waals surface area contributed by atoms with Crippen LogP contribution in [0.3, 0.4) is 0 Å². The summed E-state index contributed by atoms with van der Waals surface area (Å²) in [5.74, 6) is 1.21. The first kappa shape index (κ1) is 20.3. The zero-order chi connectivity index (χ0) is 19.3. The maximum absolute atomic E-state index is 11.3. The van der Waals surface area contributed by atoms with Crippen molar-refractivity contribution in [2.45, 2.75) is 32.6 Å². The zero-order valence-corrected chi connectivity index (χ0v) is 15.7. The van der Waals surface area contributed by atoms with Crippen molar-refractivity contribution in [2.75, 3.05) is 19.8 Å². The van der Waals surface area contributed by atoms with E-state index in [9.17, 15) is 4.79 Å². The van der Waals surface area contributed by atoms with Crippen molar-refractivity contribution >= 4 is 5.91 Å². The Morgan fingerprint density at radius 3 is 2.59 bits per heavy atom. The van der Waals surface area contributed by atoms with Crippen molar-refractivity contribution in [3.8, 4) is 17.6 Å². The molecule has 27 heavy (non-hydrogen) atoms. The lowest BCUT2D eigenvalue weighted by Crippen LogP contribution is -2.24. The molecule has 2 aromatic rings. The second kappa shape index (κ2) is 11.6. The van der Waals surface area contributed by atoms with Crippen molar-refractivity contribution in [3.05, 3.63) is 59.7 Å². The molecule has 0 atom stereocenters. The first-order chi connectivity index (χ1) is 13.2. The lowest BCUT2D eigenvalue weighted by atomic mass is 10.1. The van der Waals surface area contributed by atoms with Gasteiger partial charge < -0.3 is 14.8 Å². The first-order valence-electron chi connectivity index (χ1n) is 9.29. The minimum Gasteiger partial charge on any atom is -0.490 e. The Bertz CT molecular complexity index is 754. The molecular formula is C22H26N2O3. The predicted molar refractivity (Wildman–Crippen MR) is 105 cm³/mol. The molecule has 1 amide bonds. The number of nitrogens with one attached hydrogen (secondary N) is 1. The van der Waals surface area contributed by atoms with Gasteiger partial charge in [-0.15, -0.1) is 0 Å². The molecule has 0 aliphatic heterocycles. The molecule has 142 valence electrons. The van der Waals surface area contributed by atoms with Crippen LogP contribution in [0.25, 0.3) is 0 Å². The SMILES string of the molecule is CCOc1cc(CCNC(=O)CC#N)ccc1OCCCc1ccccc1. The van der Waals surface area contributed by atoms with Gasteiger partial charge in [0.15, 0.2) is 11.5 Å². The Morgan fingerprint density at radius 2 is 1.85 bits per heavy atom. The van der Waals surface area contributed by atoms with Gasteiger partial charge >= 0.3 is 0 Å². The van der Waals surface area contributed by atoms with Crippen molar-refractivity contribution < 1.29 is 14.3 Å². The fourth-order valence-electron chi connectivity index (χ4n) is 2.68. The number of rotatable bonds is 11. The molecule has 0 unspecified atom stereocenters. The molecule has 0 heterocycles. The summed E-state index contributed by atoms with van der Waals surface area (Å²) in [4.78, 5) is 11.3. The molecule has 0 fully saturated rings. The molecule has 0 bridgehead atoms. The van der Waals surface area contributed by atoms with Crippen LogP contribution in [0.15, 0.2) is 48.5 Å². The summed E-state index contributed by atoms with van der Waals surface area (Å²) in [6, 6.07) is 18.0. The van der Waals surface area contributed by atoms with Crippen LogP contribution in [0, 0.1) is 11.3 Å². The summed E-state index contributed by atoms with van der Waals surface area (Å²) in [5, 5.41) is 11.2. The molecule has 2 rings (SSSR count). The summed E-state index contributed by atoms with van der Waals surface area (Å²) in [7, 11) is 0. The Labute approximate surface area is 160 Å². The highest BCUT2D eigenvalue weighted by atomic mass is 16.5. The topological polar surface area (TPSA) is 71.3 Å². The normalized spacial score (nSPS) is 10.1. The van der Waals surface area contributed by atoms with Crippen LogP contribution >= 0.6 is 0 Å². The first-order valence-corrected chi connectivity index (χ1v) is 9.29. The number of hydrogen-bond donors (Lipinski definition) is 1. The van der Waals surface area contributed by atoms with Gasteiger partial charge in [0.05, 0.1) is 19.3 Å². The molecule has 5 heteroatoms. The predicted octanol–water partition coefficient (Wildman–Crippen LogP) is 3.67. The minimum absolute atomic E-state index is 0.111. The van der Waals surface area contributed by atoms with Crippen LogP contribution in [0.4, 0.5) is 0 Å². The van der Waals surface area contributed by atoms with E-state index in [-0.39, 0.29) is 12.3 Å². The molecule has 0 spiro atoms. The van der Waals surface area contributed by atoms with E-state index < -0.39 is 0 Å². The summed E-state index contributed by atoms with van der Waals surface area (Å²) in [5.41, 5.74) is 2.35. The molecular weight excluding hydrogens is 340 g/mol. The molecule has 2 aromatic carbocycles. The number of benzene rings is 2. The van der Waals surface area contributed by atoms with E-state index in [1.165, 1.54) is 5.56 Å². The number of amides is 1. The van der Waals surface area contributed by atoms with Crippen LogP contribution in [0.2, 0.25) is 0 Å². The third kappa shape index (κ3) is 7.41. The van der Waals surface area contributed by atoms with Crippen LogP contribution < -0.4 is 14.8 Å². The number of hydrogen-bond acceptors (Lipinski definition) is 4. The Morgan fingerprint density at radius 1 is 1.04 bits per heavy atom. The minimum atomic E-state index is -0.249. The average Bonchev–Trinajstić information content (AvgIpc) is 2.68. The highest BCUT2D eigenvalue weighted by Gasteiger charge is 2.07. The number of ether oxygens (including phenoxy) is 2. The van der Waals surface area contributed by atoms with Crippen LogP contribution in [0.5, 0.6) is 11.5 Å². The largest absolute Gasteiger partial charge is 0.490 e. The fraction of sp³-hybridized carbons (Fsp3) is 0.364. The van der Waals surface area contributed by atoms with E-state index in [0.29, 0.717) is 26.2 Å². The molecule has 5 nitrogen and oxygen atoms in total. The lowest BCUT2D eigenvalue weighted by Gasteiger charge is -2.14. The maximum Gasteiger partial charge on any atom is 0.234 e. The van der Waals surface area contributed by atoms with Crippen molar-refractivity contribution in [1.82, 2.24) is 5.32 Å². The summed E-state index contributed by atoms with van der Waals surface area (Å²) in [6.07, 6.45) is 2.47. The standard InChI is InChI=1S/C22H26N2O3/c1-2-26-21-17-19(13-15-24-22(25)12-14-23)10-11-20(21)27-16-6-9-18-7-4-3-5-8-18/h3-5,7-8,10-11,17H,2,6,9,12-13,15-16H2,1H3,(H,24,25). The quantitative estimate of drug-likeness (QED) is 0.616. The van der Waals surface area contributed by atoms with Gasteiger partial charge in [-0.25, -0.2) is 0 Å². The molecule has 1 N–H and O–H groups in total. The number of carbonyl (C=O) groups excluding carboxylic acids is 1. The van der Waals surface area contributed by atoms with Crippen molar-refractivity contribution in [3.63, 3.8) is 0 Å². The number of nitriles is 1. The Hall–Kier alpha value is -3.00. The van der Waals surface area contributed by atoms with E-state index in [4.69, 9.17) is 14.7 Å². The fourth-order valence-corrected chi connectivity index (χ4v) is 2.68. The molecule has 0 radical (unpaired) electrons. The highest BCUT2D eigenvalue weighted by Crippen LogP contribution is 2.29. The van der Waals surface area contributed by atoms with Gasteiger partial charge in [0.2, 0.25) is 5.91 Å². The third-order valence-electron chi connectivity index (χ3n) is 3.99. The van der Waals surface area contributed by atoms with Gasteiger partial charge in [-0.3, -0.25) is 4.79 Å². The van der Waals surface area contributed by atoms with Crippen LogP contribution in [-0.4, -0.2) is 25.7 Å². The summed E-state index contributed by atoms with van der Waals surface area (Å²) in [6.45, 7) is 3.61. The highest BCUT2D eigenvalue weighted by molar-refractivity contribution is 5.77. The molecule has 0 aliphatic carbocycles. The third-order valence-corrected chi connectivity index (χ3v) is 3.99. The molecule has 0 saturated heterocycles. The molecule has 0 aliphatic rings. The van der Waals surface area contributed by atoms with Gasteiger partial charge in [0.1, 0.15) is 6.42 Å². The van der Waals surface area contributed by atoms with Gasteiger partial charge in [0, 0.05) is 6.54 Å². The van der Waals surface area contributed by atoms with Gasteiger partial charge in [-0.05, 0) is 49.4 Å². The Kier molecular flexibility index (Phi) is 8.72. The van der Waals surface area contributed by atoms with E-state index >= 15 is 0 Å². The lowest BCUT2D eigenvalue weighted by molar-refractivity contribution is -0.120. The van der Waals surface area contributed by atoms with E-state index in [1.807, 2.05) is 49.4 Å². The van der Waals surface area contributed by atoms with Gasteiger partial charge in [0.25, 0.3) is 0 Å². The Balaban J connectivity index is 1.84. The monoisotopic (exact) mass is 366 g/mol. The van der Waals surface area contributed by atoms with Crippen LogP contribution in [0.1, 0.15) is 30.9 Å². The van der Waals surface area contributed by atoms with Crippen molar-refractivity contribution in [1.29, 1.82) is 5.26 Å². The van der Waals surface area contributed by atoms with E-state index in [1.54, 1.807) is 0 Å². The summed E-state index contributed by atoms with van der Waals surface area (Å²) >= 11 is 0.